The quantitative estimate of drug-likeness (QED) is 0.897. The zero-order valence-electron chi connectivity index (χ0n) is 10.8. The third-order valence-electron chi connectivity index (χ3n) is 2.95. The predicted molar refractivity (Wildman–Crippen MR) is 72.0 cm³/mol. The minimum Gasteiger partial charge on any atom is -0.378 e. The zero-order chi connectivity index (χ0) is 13.0. The molecule has 1 atom stereocenters. The SMILES string of the molecule is CCc1csc(NC(C)C(=O)N2CCOCC2)n1. The van der Waals surface area contributed by atoms with E-state index < -0.39 is 0 Å². The van der Waals surface area contributed by atoms with Gasteiger partial charge >= 0.3 is 0 Å². The summed E-state index contributed by atoms with van der Waals surface area (Å²) in [6, 6.07) is -0.237. The molecule has 0 aliphatic carbocycles. The van der Waals surface area contributed by atoms with Crippen molar-refractivity contribution in [3.8, 4) is 0 Å². The van der Waals surface area contributed by atoms with E-state index in [1.807, 2.05) is 17.2 Å². The summed E-state index contributed by atoms with van der Waals surface area (Å²) in [5, 5.41) is 6.01. The second-order valence-electron chi connectivity index (χ2n) is 4.30. The number of anilines is 1. The summed E-state index contributed by atoms with van der Waals surface area (Å²) in [7, 11) is 0. The van der Waals surface area contributed by atoms with Crippen LogP contribution < -0.4 is 5.32 Å². The van der Waals surface area contributed by atoms with Crippen molar-refractivity contribution in [2.45, 2.75) is 26.3 Å². The van der Waals surface area contributed by atoms with Crippen molar-refractivity contribution in [1.82, 2.24) is 9.88 Å². The third-order valence-corrected chi connectivity index (χ3v) is 3.77. The van der Waals surface area contributed by atoms with E-state index >= 15 is 0 Å². The fourth-order valence-electron chi connectivity index (χ4n) is 1.84. The highest BCUT2D eigenvalue weighted by Crippen LogP contribution is 2.17. The van der Waals surface area contributed by atoms with Crippen LogP contribution >= 0.6 is 11.3 Å². The predicted octanol–water partition coefficient (Wildman–Crippen LogP) is 1.36. The normalized spacial score (nSPS) is 17.6. The van der Waals surface area contributed by atoms with Gasteiger partial charge in [-0.1, -0.05) is 6.92 Å². The lowest BCUT2D eigenvalue weighted by atomic mass is 10.2. The number of carbonyl (C=O) groups is 1. The first-order valence-electron chi connectivity index (χ1n) is 6.28. The van der Waals surface area contributed by atoms with Crippen LogP contribution in [0.1, 0.15) is 19.5 Å². The molecule has 0 aromatic carbocycles. The number of nitrogens with one attached hydrogen (secondary N) is 1. The molecule has 1 aliphatic heterocycles. The zero-order valence-corrected chi connectivity index (χ0v) is 11.6. The van der Waals surface area contributed by atoms with Gasteiger partial charge in [-0.25, -0.2) is 4.98 Å². The second kappa shape index (κ2) is 6.15. The van der Waals surface area contributed by atoms with E-state index in [-0.39, 0.29) is 11.9 Å². The molecule has 18 heavy (non-hydrogen) atoms. The second-order valence-corrected chi connectivity index (χ2v) is 5.16. The Labute approximate surface area is 111 Å². The molecule has 0 saturated carbocycles. The average molecular weight is 269 g/mol. The van der Waals surface area contributed by atoms with Crippen LogP contribution in [-0.2, 0) is 16.0 Å². The molecule has 0 bridgehead atoms. The number of aryl methyl sites for hydroxylation is 1. The molecule has 1 N–H and O–H groups in total. The van der Waals surface area contributed by atoms with Gasteiger partial charge in [-0.3, -0.25) is 4.79 Å². The number of hydrogen-bond donors (Lipinski definition) is 1. The van der Waals surface area contributed by atoms with Gasteiger partial charge in [-0.2, -0.15) is 0 Å². The van der Waals surface area contributed by atoms with Crippen molar-refractivity contribution in [2.24, 2.45) is 0 Å². The molecule has 1 amide bonds. The highest BCUT2D eigenvalue weighted by Gasteiger charge is 2.22. The van der Waals surface area contributed by atoms with Crippen LogP contribution in [0.4, 0.5) is 5.13 Å². The Morgan fingerprint density at radius 2 is 2.33 bits per heavy atom. The molecule has 0 radical (unpaired) electrons. The summed E-state index contributed by atoms with van der Waals surface area (Å²) in [5.74, 6) is 0.117. The molecule has 1 aromatic rings. The largest absolute Gasteiger partial charge is 0.378 e. The van der Waals surface area contributed by atoms with E-state index in [4.69, 9.17) is 4.74 Å². The smallest absolute Gasteiger partial charge is 0.244 e. The van der Waals surface area contributed by atoms with Crippen molar-refractivity contribution in [2.75, 3.05) is 31.6 Å². The molecular formula is C12H19N3O2S. The molecule has 2 heterocycles. The van der Waals surface area contributed by atoms with Crippen molar-refractivity contribution < 1.29 is 9.53 Å². The molecule has 6 heteroatoms. The maximum absolute atomic E-state index is 12.2. The van der Waals surface area contributed by atoms with E-state index in [1.54, 1.807) is 11.3 Å². The molecule has 2 rings (SSSR count). The highest BCUT2D eigenvalue weighted by atomic mass is 32.1. The molecule has 1 fully saturated rings. The summed E-state index contributed by atoms with van der Waals surface area (Å²) in [4.78, 5) is 18.4. The first kappa shape index (κ1) is 13.3. The maximum atomic E-state index is 12.2. The third kappa shape index (κ3) is 3.20. The van der Waals surface area contributed by atoms with Crippen LogP contribution in [-0.4, -0.2) is 48.1 Å². The molecule has 5 nitrogen and oxygen atoms in total. The highest BCUT2D eigenvalue weighted by molar-refractivity contribution is 7.13. The van der Waals surface area contributed by atoms with Crippen molar-refractivity contribution in [3.05, 3.63) is 11.1 Å². The van der Waals surface area contributed by atoms with Gasteiger partial charge in [0.15, 0.2) is 5.13 Å². The van der Waals surface area contributed by atoms with Gasteiger partial charge in [0.05, 0.1) is 18.9 Å². The van der Waals surface area contributed by atoms with E-state index in [2.05, 4.69) is 17.2 Å². The number of aromatic nitrogens is 1. The van der Waals surface area contributed by atoms with Crippen LogP contribution in [0.5, 0.6) is 0 Å². The van der Waals surface area contributed by atoms with E-state index in [0.29, 0.717) is 26.3 Å². The molecule has 1 saturated heterocycles. The number of thiazole rings is 1. The standard InChI is InChI=1S/C12H19N3O2S/c1-3-10-8-18-12(14-10)13-9(2)11(16)15-4-6-17-7-5-15/h8-9H,3-7H2,1-2H3,(H,13,14). The Morgan fingerprint density at radius 3 is 2.94 bits per heavy atom. The Morgan fingerprint density at radius 1 is 1.61 bits per heavy atom. The van der Waals surface area contributed by atoms with Gasteiger partial charge in [-0.05, 0) is 13.3 Å². The van der Waals surface area contributed by atoms with E-state index in [9.17, 15) is 4.79 Å². The molecule has 1 unspecified atom stereocenters. The molecule has 1 aromatic heterocycles. The number of ether oxygens (including phenoxy) is 1. The van der Waals surface area contributed by atoms with Gasteiger partial charge in [0, 0.05) is 18.5 Å². The van der Waals surface area contributed by atoms with Crippen molar-refractivity contribution in [3.63, 3.8) is 0 Å². The topological polar surface area (TPSA) is 54.5 Å². The number of carbonyl (C=O) groups excluding carboxylic acids is 1. The molecule has 1 aliphatic rings. The first-order chi connectivity index (χ1) is 8.70. The Balaban J connectivity index is 1.89. The van der Waals surface area contributed by atoms with Crippen LogP contribution in [0.15, 0.2) is 5.38 Å². The van der Waals surface area contributed by atoms with Gasteiger partial charge < -0.3 is 15.0 Å². The lowest BCUT2D eigenvalue weighted by Crippen LogP contribution is -2.46. The number of nitrogens with zero attached hydrogens (tertiary/aromatic N) is 2. The lowest BCUT2D eigenvalue weighted by molar-refractivity contribution is -0.135. The number of rotatable bonds is 4. The number of hydrogen-bond acceptors (Lipinski definition) is 5. The summed E-state index contributed by atoms with van der Waals surface area (Å²) in [6.07, 6.45) is 0.921. The minimum atomic E-state index is -0.237. The van der Waals surface area contributed by atoms with Gasteiger partial charge in [-0.15, -0.1) is 11.3 Å². The van der Waals surface area contributed by atoms with E-state index in [0.717, 1.165) is 17.2 Å². The summed E-state index contributed by atoms with van der Waals surface area (Å²) in [6.45, 7) is 6.59. The van der Waals surface area contributed by atoms with Crippen LogP contribution in [0, 0.1) is 0 Å². The lowest BCUT2D eigenvalue weighted by Gasteiger charge is -2.29. The first-order valence-corrected chi connectivity index (χ1v) is 7.16. The van der Waals surface area contributed by atoms with Gasteiger partial charge in [0.2, 0.25) is 5.91 Å². The average Bonchev–Trinajstić information content (AvgIpc) is 2.86. The number of amides is 1. The molecule has 100 valence electrons. The van der Waals surface area contributed by atoms with Crippen molar-refractivity contribution >= 4 is 22.4 Å². The summed E-state index contributed by atoms with van der Waals surface area (Å²) in [5.41, 5.74) is 1.06. The van der Waals surface area contributed by atoms with Gasteiger partial charge in [0.1, 0.15) is 6.04 Å². The fourth-order valence-corrected chi connectivity index (χ4v) is 2.72. The van der Waals surface area contributed by atoms with Crippen LogP contribution in [0.3, 0.4) is 0 Å². The Kier molecular flexibility index (Phi) is 4.54. The monoisotopic (exact) mass is 269 g/mol. The van der Waals surface area contributed by atoms with Crippen LogP contribution in [0.2, 0.25) is 0 Å². The van der Waals surface area contributed by atoms with Gasteiger partial charge in [0.25, 0.3) is 0 Å². The van der Waals surface area contributed by atoms with Crippen LogP contribution in [0.25, 0.3) is 0 Å². The maximum Gasteiger partial charge on any atom is 0.244 e. The fraction of sp³-hybridized carbons (Fsp3) is 0.667. The minimum absolute atomic E-state index is 0.117. The molecule has 0 spiro atoms. The molecular weight excluding hydrogens is 250 g/mol. The summed E-state index contributed by atoms with van der Waals surface area (Å²) < 4.78 is 5.24. The Bertz CT molecular complexity index is 402. The Hall–Kier alpha value is -1.14. The summed E-state index contributed by atoms with van der Waals surface area (Å²) >= 11 is 1.55. The van der Waals surface area contributed by atoms with Crippen molar-refractivity contribution in [1.29, 1.82) is 0 Å². The van der Waals surface area contributed by atoms with E-state index in [1.165, 1.54) is 0 Å². The number of morpholine rings is 1.